The number of ether oxygens (including phenoxy) is 7. The van der Waals surface area contributed by atoms with Crippen LogP contribution in [0.25, 0.3) is 12.2 Å². The fourth-order valence-electron chi connectivity index (χ4n) is 3.82. The standard InChI is InChI=1S/C38H36O12/c1-4-7-8-23-44-38(43)32-24-31(49-36(41)21-13-27-9-15-29(16-10-27)45-25-47-34(39)5-2)19-20-33(32)50-37(42)22-14-28-11-17-30(18-12-28)46-26-48-35(40)6-3/h5-6,9-22,24H,2-4,7-8,23,25-26H2,1H3. The van der Waals surface area contributed by atoms with Crippen molar-refractivity contribution in [1.29, 1.82) is 0 Å². The number of hydrogen-bond acceptors (Lipinski definition) is 12. The van der Waals surface area contributed by atoms with Gasteiger partial charge in [-0.25, -0.2) is 24.0 Å². The monoisotopic (exact) mass is 684 g/mol. The number of benzene rings is 3. The van der Waals surface area contributed by atoms with Gasteiger partial charge in [0.15, 0.2) is 0 Å². The Bertz CT molecular complexity index is 1700. The Morgan fingerprint density at radius 3 is 1.60 bits per heavy atom. The summed E-state index contributed by atoms with van der Waals surface area (Å²) in [6, 6.07) is 17.1. The lowest BCUT2D eigenvalue weighted by Gasteiger charge is -2.11. The average molecular weight is 685 g/mol. The molecule has 3 rings (SSSR count). The van der Waals surface area contributed by atoms with Crippen molar-refractivity contribution >= 4 is 42.0 Å². The normalized spacial score (nSPS) is 10.6. The maximum absolute atomic E-state index is 13.0. The van der Waals surface area contributed by atoms with E-state index in [4.69, 9.17) is 33.2 Å². The van der Waals surface area contributed by atoms with Gasteiger partial charge in [-0.05, 0) is 72.2 Å². The Morgan fingerprint density at radius 1 is 0.600 bits per heavy atom. The number of hydrogen-bond donors (Lipinski definition) is 0. The van der Waals surface area contributed by atoms with Gasteiger partial charge in [0.1, 0.15) is 28.6 Å². The minimum Gasteiger partial charge on any atom is -0.462 e. The van der Waals surface area contributed by atoms with Crippen molar-refractivity contribution < 1.29 is 57.1 Å². The molecular weight excluding hydrogens is 648 g/mol. The first-order valence-electron chi connectivity index (χ1n) is 15.4. The van der Waals surface area contributed by atoms with Crippen molar-refractivity contribution in [3.8, 4) is 23.0 Å². The van der Waals surface area contributed by atoms with Crippen LogP contribution in [0.15, 0.2) is 104 Å². The SMILES string of the molecule is C=CC(=O)OCOc1ccc(C=CC(=O)Oc2ccc(OC(=O)C=Cc3ccc(OCOC(=O)C=C)cc3)c(C(=O)OCCCCC)c2)cc1. The van der Waals surface area contributed by atoms with Gasteiger partial charge in [-0.15, -0.1) is 0 Å². The van der Waals surface area contributed by atoms with Crippen LogP contribution in [-0.4, -0.2) is 50.0 Å². The maximum atomic E-state index is 13.0. The zero-order chi connectivity index (χ0) is 36.1. The van der Waals surface area contributed by atoms with Gasteiger partial charge < -0.3 is 33.2 Å². The summed E-state index contributed by atoms with van der Waals surface area (Å²) < 4.78 is 36.3. The lowest BCUT2D eigenvalue weighted by atomic mass is 10.2. The molecule has 0 saturated carbocycles. The van der Waals surface area contributed by atoms with E-state index in [1.54, 1.807) is 48.5 Å². The van der Waals surface area contributed by atoms with E-state index >= 15 is 0 Å². The van der Waals surface area contributed by atoms with Gasteiger partial charge in [-0.1, -0.05) is 57.2 Å². The molecule has 3 aromatic rings. The molecule has 0 aliphatic rings. The molecule has 0 aliphatic heterocycles. The smallest absolute Gasteiger partial charge is 0.342 e. The van der Waals surface area contributed by atoms with E-state index < -0.39 is 29.8 Å². The van der Waals surface area contributed by atoms with E-state index in [0.717, 1.165) is 25.0 Å². The number of carbonyl (C=O) groups excluding carboxylic acids is 5. The molecule has 0 fully saturated rings. The fraction of sp³-hybridized carbons (Fsp3) is 0.184. The summed E-state index contributed by atoms with van der Waals surface area (Å²) in [7, 11) is 0. The van der Waals surface area contributed by atoms with Gasteiger partial charge in [-0.3, -0.25) is 0 Å². The highest BCUT2D eigenvalue weighted by Gasteiger charge is 2.18. The van der Waals surface area contributed by atoms with Crippen molar-refractivity contribution in [2.45, 2.75) is 26.2 Å². The Hall–Kier alpha value is -6.43. The molecule has 0 aromatic heterocycles. The zero-order valence-electron chi connectivity index (χ0n) is 27.4. The molecule has 0 radical (unpaired) electrons. The lowest BCUT2D eigenvalue weighted by molar-refractivity contribution is -0.145. The third kappa shape index (κ3) is 13.7. The van der Waals surface area contributed by atoms with Crippen LogP contribution in [0.3, 0.4) is 0 Å². The minimum absolute atomic E-state index is 0.0230. The van der Waals surface area contributed by atoms with Crippen LogP contribution >= 0.6 is 0 Å². The second kappa shape index (κ2) is 20.7. The first-order valence-corrected chi connectivity index (χ1v) is 15.4. The van der Waals surface area contributed by atoms with Crippen LogP contribution in [0.2, 0.25) is 0 Å². The first kappa shape index (κ1) is 38.0. The van der Waals surface area contributed by atoms with Crippen LogP contribution in [0, 0.1) is 0 Å². The van der Waals surface area contributed by atoms with E-state index in [-0.39, 0.29) is 37.3 Å². The quantitative estimate of drug-likeness (QED) is 0.0343. The van der Waals surface area contributed by atoms with Crippen LogP contribution in [0.4, 0.5) is 0 Å². The highest BCUT2D eigenvalue weighted by atomic mass is 16.7. The topological polar surface area (TPSA) is 150 Å². The van der Waals surface area contributed by atoms with E-state index in [2.05, 4.69) is 13.2 Å². The van der Waals surface area contributed by atoms with Gasteiger partial charge in [0.25, 0.3) is 0 Å². The Kier molecular flexibility index (Phi) is 15.8. The molecule has 0 atom stereocenters. The fourth-order valence-corrected chi connectivity index (χ4v) is 3.82. The summed E-state index contributed by atoms with van der Waals surface area (Å²) in [6.07, 6.45) is 9.87. The molecule has 0 spiro atoms. The summed E-state index contributed by atoms with van der Waals surface area (Å²) in [5.74, 6) is -2.67. The molecule has 50 heavy (non-hydrogen) atoms. The minimum atomic E-state index is -0.774. The van der Waals surface area contributed by atoms with Gasteiger partial charge in [-0.2, -0.15) is 0 Å². The van der Waals surface area contributed by atoms with E-state index in [9.17, 15) is 24.0 Å². The summed E-state index contributed by atoms with van der Waals surface area (Å²) >= 11 is 0. The van der Waals surface area contributed by atoms with Crippen LogP contribution in [-0.2, 0) is 33.4 Å². The molecule has 3 aromatic carbocycles. The average Bonchev–Trinajstić information content (AvgIpc) is 3.13. The predicted octanol–water partition coefficient (Wildman–Crippen LogP) is 6.40. The largest absolute Gasteiger partial charge is 0.462 e. The highest BCUT2D eigenvalue weighted by molar-refractivity contribution is 5.96. The van der Waals surface area contributed by atoms with Crippen molar-refractivity contribution in [1.82, 2.24) is 0 Å². The predicted molar refractivity (Wildman–Crippen MR) is 182 cm³/mol. The van der Waals surface area contributed by atoms with Gasteiger partial charge in [0, 0.05) is 24.3 Å². The first-order chi connectivity index (χ1) is 24.2. The van der Waals surface area contributed by atoms with Crippen molar-refractivity contribution in [3.05, 3.63) is 121 Å². The molecule has 0 unspecified atom stereocenters. The molecule has 0 heterocycles. The summed E-state index contributed by atoms with van der Waals surface area (Å²) in [4.78, 5) is 60.4. The van der Waals surface area contributed by atoms with Crippen LogP contribution in [0.1, 0.15) is 47.7 Å². The van der Waals surface area contributed by atoms with Crippen molar-refractivity contribution in [3.63, 3.8) is 0 Å². The molecular formula is C38H36O12. The summed E-state index contributed by atoms with van der Waals surface area (Å²) in [6.45, 7) is 8.21. The van der Waals surface area contributed by atoms with Crippen molar-refractivity contribution in [2.75, 3.05) is 20.2 Å². The summed E-state index contributed by atoms with van der Waals surface area (Å²) in [5.41, 5.74) is 1.18. The Morgan fingerprint density at radius 2 is 1.10 bits per heavy atom. The Balaban J connectivity index is 1.64. The summed E-state index contributed by atoms with van der Waals surface area (Å²) in [5, 5.41) is 0. The maximum Gasteiger partial charge on any atom is 0.342 e. The Labute approximate surface area is 289 Å². The lowest BCUT2D eigenvalue weighted by Crippen LogP contribution is -2.13. The highest BCUT2D eigenvalue weighted by Crippen LogP contribution is 2.26. The van der Waals surface area contributed by atoms with Gasteiger partial charge in [0.2, 0.25) is 13.6 Å². The second-order valence-corrected chi connectivity index (χ2v) is 10.0. The molecule has 0 N–H and O–H groups in total. The zero-order valence-corrected chi connectivity index (χ0v) is 27.4. The van der Waals surface area contributed by atoms with E-state index in [0.29, 0.717) is 29.0 Å². The van der Waals surface area contributed by atoms with E-state index in [1.165, 1.54) is 42.5 Å². The molecule has 0 bridgehead atoms. The van der Waals surface area contributed by atoms with E-state index in [1.807, 2.05) is 6.92 Å². The van der Waals surface area contributed by atoms with Gasteiger partial charge >= 0.3 is 29.8 Å². The number of rotatable bonds is 19. The third-order valence-corrected chi connectivity index (χ3v) is 6.35. The molecule has 12 heteroatoms. The molecule has 0 aliphatic carbocycles. The van der Waals surface area contributed by atoms with Gasteiger partial charge in [0.05, 0.1) is 6.61 Å². The molecule has 260 valence electrons. The van der Waals surface area contributed by atoms with Crippen LogP contribution in [0.5, 0.6) is 23.0 Å². The third-order valence-electron chi connectivity index (χ3n) is 6.35. The number of unbranched alkanes of at least 4 members (excludes halogenated alkanes) is 2. The number of carbonyl (C=O) groups is 5. The second-order valence-electron chi connectivity index (χ2n) is 10.0. The van der Waals surface area contributed by atoms with Crippen LogP contribution < -0.4 is 18.9 Å². The molecule has 12 nitrogen and oxygen atoms in total. The van der Waals surface area contributed by atoms with Crippen molar-refractivity contribution in [2.24, 2.45) is 0 Å². The number of esters is 5. The molecule has 0 saturated heterocycles. The molecule has 0 amide bonds.